The first-order chi connectivity index (χ1) is 10.4. The maximum atomic E-state index is 5.67. The van der Waals surface area contributed by atoms with Crippen molar-refractivity contribution in [3.05, 3.63) is 59.5 Å². The normalized spacial score (nSPS) is 10.7. The number of fused-ring (bicyclic) bond motifs is 1. The molecule has 0 bridgehead atoms. The van der Waals surface area contributed by atoms with E-state index in [1.54, 1.807) is 11.3 Å². The van der Waals surface area contributed by atoms with Gasteiger partial charge in [0.25, 0.3) is 0 Å². The highest BCUT2D eigenvalue weighted by molar-refractivity contribution is 7.17. The van der Waals surface area contributed by atoms with Crippen LogP contribution in [0.1, 0.15) is 18.9 Å². The molecule has 1 aromatic heterocycles. The van der Waals surface area contributed by atoms with Gasteiger partial charge in [0.1, 0.15) is 5.75 Å². The van der Waals surface area contributed by atoms with E-state index in [9.17, 15) is 0 Å². The molecule has 0 aliphatic heterocycles. The first kappa shape index (κ1) is 14.0. The molecule has 3 heteroatoms. The van der Waals surface area contributed by atoms with Gasteiger partial charge in [-0.25, -0.2) is 0 Å². The molecule has 2 nitrogen and oxygen atoms in total. The molecule has 21 heavy (non-hydrogen) atoms. The third-order valence-corrected chi connectivity index (χ3v) is 4.36. The first-order valence-corrected chi connectivity index (χ1v) is 8.16. The van der Waals surface area contributed by atoms with Gasteiger partial charge in [-0.1, -0.05) is 31.2 Å². The van der Waals surface area contributed by atoms with Gasteiger partial charge >= 0.3 is 0 Å². The Morgan fingerprint density at radius 1 is 1.10 bits per heavy atom. The van der Waals surface area contributed by atoms with Crippen molar-refractivity contribution in [2.24, 2.45) is 0 Å². The molecule has 0 unspecified atom stereocenters. The van der Waals surface area contributed by atoms with Gasteiger partial charge in [-0.3, -0.25) is 0 Å². The highest BCUT2D eigenvalue weighted by Crippen LogP contribution is 2.26. The fraction of sp³-hybridized carbons (Fsp3) is 0.222. The van der Waals surface area contributed by atoms with Crippen LogP contribution in [-0.4, -0.2) is 6.61 Å². The van der Waals surface area contributed by atoms with Crippen molar-refractivity contribution in [3.8, 4) is 5.75 Å². The van der Waals surface area contributed by atoms with Crippen LogP contribution in [0.3, 0.4) is 0 Å². The van der Waals surface area contributed by atoms with Gasteiger partial charge < -0.3 is 10.1 Å². The van der Waals surface area contributed by atoms with Crippen LogP contribution in [0.4, 0.5) is 5.69 Å². The molecule has 0 radical (unpaired) electrons. The zero-order valence-electron chi connectivity index (χ0n) is 12.1. The van der Waals surface area contributed by atoms with E-state index in [2.05, 4.69) is 54.0 Å². The molecule has 0 spiro atoms. The number of thiophene rings is 1. The third-order valence-electron chi connectivity index (χ3n) is 3.35. The van der Waals surface area contributed by atoms with E-state index >= 15 is 0 Å². The maximum Gasteiger partial charge on any atom is 0.121 e. The van der Waals surface area contributed by atoms with Crippen LogP contribution in [0.15, 0.2) is 53.9 Å². The zero-order chi connectivity index (χ0) is 14.5. The zero-order valence-corrected chi connectivity index (χ0v) is 13.0. The number of benzene rings is 2. The predicted molar refractivity (Wildman–Crippen MR) is 91.4 cm³/mol. The molecule has 0 atom stereocenters. The summed E-state index contributed by atoms with van der Waals surface area (Å²) in [6.45, 7) is 3.71. The molecule has 0 aliphatic carbocycles. The average molecular weight is 297 g/mol. The van der Waals surface area contributed by atoms with Gasteiger partial charge in [-0.05, 0) is 40.9 Å². The standard InChI is InChI=1S/C18H19NOS/c1-2-10-20-16-7-5-6-15(11-16)19-12-14-13-21-18-9-4-3-8-17(14)18/h3-9,11,13,19H,2,10,12H2,1H3. The molecule has 0 saturated heterocycles. The smallest absolute Gasteiger partial charge is 0.121 e. The molecule has 1 heterocycles. The van der Waals surface area contributed by atoms with E-state index in [1.165, 1.54) is 15.6 Å². The summed E-state index contributed by atoms with van der Waals surface area (Å²) in [4.78, 5) is 0. The second-order valence-corrected chi connectivity index (χ2v) is 5.90. The van der Waals surface area contributed by atoms with Gasteiger partial charge in [0.05, 0.1) is 6.61 Å². The molecule has 1 N–H and O–H groups in total. The molecule has 3 rings (SSSR count). The third kappa shape index (κ3) is 3.37. The molecule has 0 amide bonds. The van der Waals surface area contributed by atoms with Gasteiger partial charge in [-0.15, -0.1) is 11.3 Å². The van der Waals surface area contributed by atoms with Gasteiger partial charge in [0.15, 0.2) is 0 Å². The minimum Gasteiger partial charge on any atom is -0.494 e. The average Bonchev–Trinajstić information content (AvgIpc) is 2.95. The Morgan fingerprint density at radius 3 is 2.90 bits per heavy atom. The van der Waals surface area contributed by atoms with Gasteiger partial charge in [0, 0.05) is 23.0 Å². The van der Waals surface area contributed by atoms with Crippen LogP contribution in [-0.2, 0) is 6.54 Å². The second kappa shape index (κ2) is 6.64. The largest absolute Gasteiger partial charge is 0.494 e. The quantitative estimate of drug-likeness (QED) is 0.666. The summed E-state index contributed by atoms with van der Waals surface area (Å²) >= 11 is 1.80. The Kier molecular flexibility index (Phi) is 4.41. The number of hydrogen-bond donors (Lipinski definition) is 1. The molecular weight excluding hydrogens is 278 g/mol. The van der Waals surface area contributed by atoms with Crippen molar-refractivity contribution >= 4 is 27.1 Å². The Morgan fingerprint density at radius 2 is 2.00 bits per heavy atom. The lowest BCUT2D eigenvalue weighted by atomic mass is 10.2. The van der Waals surface area contributed by atoms with Crippen LogP contribution in [0.5, 0.6) is 5.75 Å². The fourth-order valence-electron chi connectivity index (χ4n) is 2.28. The first-order valence-electron chi connectivity index (χ1n) is 7.28. The summed E-state index contributed by atoms with van der Waals surface area (Å²) in [5.74, 6) is 0.928. The summed E-state index contributed by atoms with van der Waals surface area (Å²) < 4.78 is 7.01. The Labute approximate surface area is 129 Å². The lowest BCUT2D eigenvalue weighted by Gasteiger charge is -2.09. The molecule has 0 aliphatic rings. The van der Waals surface area contributed by atoms with Crippen LogP contribution in [0.2, 0.25) is 0 Å². The molecular formula is C18H19NOS. The van der Waals surface area contributed by atoms with Crippen LogP contribution in [0, 0.1) is 0 Å². The number of anilines is 1. The second-order valence-electron chi connectivity index (χ2n) is 4.99. The van der Waals surface area contributed by atoms with Crippen LogP contribution in [0.25, 0.3) is 10.1 Å². The SMILES string of the molecule is CCCOc1cccc(NCc2csc3ccccc23)c1. The van der Waals surface area contributed by atoms with Gasteiger partial charge in [-0.2, -0.15) is 0 Å². The number of hydrogen-bond acceptors (Lipinski definition) is 3. The van der Waals surface area contributed by atoms with E-state index in [1.807, 2.05) is 12.1 Å². The van der Waals surface area contributed by atoms with E-state index < -0.39 is 0 Å². The Hall–Kier alpha value is -2.00. The molecule has 2 aromatic carbocycles. The summed E-state index contributed by atoms with van der Waals surface area (Å²) in [6, 6.07) is 16.7. The number of ether oxygens (including phenoxy) is 1. The van der Waals surface area contributed by atoms with E-state index in [0.717, 1.165) is 31.0 Å². The summed E-state index contributed by atoms with van der Waals surface area (Å²) in [7, 11) is 0. The van der Waals surface area contributed by atoms with Crippen molar-refractivity contribution in [1.29, 1.82) is 0 Å². The van der Waals surface area contributed by atoms with Crippen molar-refractivity contribution < 1.29 is 4.74 Å². The van der Waals surface area contributed by atoms with Crippen molar-refractivity contribution in [3.63, 3.8) is 0 Å². The topological polar surface area (TPSA) is 21.3 Å². The van der Waals surface area contributed by atoms with Crippen molar-refractivity contribution in [2.75, 3.05) is 11.9 Å². The monoisotopic (exact) mass is 297 g/mol. The number of nitrogens with one attached hydrogen (secondary N) is 1. The van der Waals surface area contributed by atoms with E-state index in [4.69, 9.17) is 4.74 Å². The molecule has 3 aromatic rings. The highest BCUT2D eigenvalue weighted by Gasteiger charge is 2.03. The summed E-state index contributed by atoms with van der Waals surface area (Å²) in [5.41, 5.74) is 2.44. The fourth-order valence-corrected chi connectivity index (χ4v) is 3.25. The highest BCUT2D eigenvalue weighted by atomic mass is 32.1. The Balaban J connectivity index is 1.70. The van der Waals surface area contributed by atoms with Crippen molar-refractivity contribution in [2.45, 2.75) is 19.9 Å². The molecule has 0 saturated carbocycles. The van der Waals surface area contributed by atoms with Gasteiger partial charge in [0.2, 0.25) is 0 Å². The summed E-state index contributed by atoms with van der Waals surface area (Å²) in [6.07, 6.45) is 1.03. The minimum absolute atomic E-state index is 0.763. The maximum absolute atomic E-state index is 5.67. The van der Waals surface area contributed by atoms with Crippen LogP contribution >= 0.6 is 11.3 Å². The minimum atomic E-state index is 0.763. The lowest BCUT2D eigenvalue weighted by Crippen LogP contribution is -2.00. The molecule has 0 fully saturated rings. The van der Waals surface area contributed by atoms with Crippen LogP contribution < -0.4 is 10.1 Å². The lowest BCUT2D eigenvalue weighted by molar-refractivity contribution is 0.317. The predicted octanol–water partition coefficient (Wildman–Crippen LogP) is 5.30. The number of rotatable bonds is 6. The van der Waals surface area contributed by atoms with Crippen molar-refractivity contribution in [1.82, 2.24) is 0 Å². The van der Waals surface area contributed by atoms with E-state index in [0.29, 0.717) is 0 Å². The Bertz CT molecular complexity index is 720. The summed E-state index contributed by atoms with van der Waals surface area (Å²) in [5, 5.41) is 7.06. The van der Waals surface area contributed by atoms with E-state index in [-0.39, 0.29) is 0 Å². The molecule has 108 valence electrons.